The number of benzene rings is 2. The number of carbonyl (C=O) groups is 2. The van der Waals surface area contributed by atoms with Crippen molar-refractivity contribution in [3.05, 3.63) is 58.7 Å². The first-order valence-electron chi connectivity index (χ1n) is 7.18. The average Bonchev–Trinajstić information content (AvgIpc) is 2.50. The third-order valence-corrected chi connectivity index (χ3v) is 3.80. The van der Waals surface area contributed by atoms with E-state index < -0.39 is 17.7 Å². The summed E-state index contributed by atoms with van der Waals surface area (Å²) in [4.78, 5) is 21.4. The maximum absolute atomic E-state index is 14.1. The number of nitrogens with one attached hydrogen (secondary N) is 1. The Morgan fingerprint density at radius 1 is 1.13 bits per heavy atom. The number of amides is 1. The Balaban J connectivity index is 2.64. The van der Waals surface area contributed by atoms with E-state index in [1.165, 1.54) is 6.07 Å². The predicted molar refractivity (Wildman–Crippen MR) is 83.9 cm³/mol. The van der Waals surface area contributed by atoms with E-state index in [-0.39, 0.29) is 12.0 Å². The lowest BCUT2D eigenvalue weighted by Crippen LogP contribution is -2.21. The average molecular weight is 317 g/mol. The molecule has 2 rings (SSSR count). The highest BCUT2D eigenvalue weighted by Gasteiger charge is 2.20. The van der Waals surface area contributed by atoms with E-state index >= 15 is 0 Å². The second-order valence-corrected chi connectivity index (χ2v) is 5.37. The first-order chi connectivity index (χ1) is 11.0. The minimum absolute atomic E-state index is 0.0400. The summed E-state index contributed by atoms with van der Waals surface area (Å²) in [6, 6.07) is 7.37. The van der Waals surface area contributed by atoms with Crippen molar-refractivity contribution < 1.29 is 18.4 Å². The highest BCUT2D eigenvalue weighted by Crippen LogP contribution is 2.32. The molecule has 1 N–H and O–H groups in total. The van der Waals surface area contributed by atoms with Crippen LogP contribution in [-0.4, -0.2) is 12.7 Å². The van der Waals surface area contributed by atoms with Gasteiger partial charge in [-0.3, -0.25) is 4.79 Å². The smallest absolute Gasteiger partial charge is 0.207 e. The summed E-state index contributed by atoms with van der Waals surface area (Å²) < 4.78 is 28.2. The number of carbonyl (C=O) groups excluding carboxylic acids is 2. The molecule has 0 aliphatic carbocycles. The number of halogens is 2. The van der Waals surface area contributed by atoms with Crippen LogP contribution < -0.4 is 5.32 Å². The van der Waals surface area contributed by atoms with Crippen LogP contribution >= 0.6 is 0 Å². The molecule has 0 saturated heterocycles. The van der Waals surface area contributed by atoms with Crippen LogP contribution in [0, 0.1) is 25.5 Å². The summed E-state index contributed by atoms with van der Waals surface area (Å²) in [7, 11) is 0. The second-order valence-electron chi connectivity index (χ2n) is 5.37. The van der Waals surface area contributed by atoms with Gasteiger partial charge in [-0.25, -0.2) is 8.78 Å². The highest BCUT2D eigenvalue weighted by atomic mass is 19.2. The van der Waals surface area contributed by atoms with Crippen molar-refractivity contribution in [1.82, 2.24) is 5.32 Å². The molecule has 120 valence electrons. The van der Waals surface area contributed by atoms with Gasteiger partial charge in [-0.1, -0.05) is 18.2 Å². The van der Waals surface area contributed by atoms with Crippen LogP contribution in [0.1, 0.15) is 29.2 Å². The molecule has 2 aromatic rings. The van der Waals surface area contributed by atoms with Crippen LogP contribution in [0.5, 0.6) is 0 Å². The van der Waals surface area contributed by atoms with Gasteiger partial charge in [0.25, 0.3) is 0 Å². The van der Waals surface area contributed by atoms with Crippen LogP contribution in [0.2, 0.25) is 0 Å². The topological polar surface area (TPSA) is 46.2 Å². The van der Waals surface area contributed by atoms with Gasteiger partial charge in [-0.2, -0.15) is 0 Å². The quantitative estimate of drug-likeness (QED) is 0.827. The molecular weight excluding hydrogens is 300 g/mol. The summed E-state index contributed by atoms with van der Waals surface area (Å²) in [5.41, 5.74) is 3.14. The Bertz CT molecular complexity index is 714. The van der Waals surface area contributed by atoms with Gasteiger partial charge in [0.1, 0.15) is 6.29 Å². The fourth-order valence-electron chi connectivity index (χ4n) is 2.74. The monoisotopic (exact) mass is 317 g/mol. The van der Waals surface area contributed by atoms with Crippen molar-refractivity contribution in [3.63, 3.8) is 0 Å². The highest BCUT2D eigenvalue weighted by molar-refractivity contribution is 5.72. The lowest BCUT2D eigenvalue weighted by molar-refractivity contribution is -0.111. The molecule has 1 unspecified atom stereocenters. The zero-order chi connectivity index (χ0) is 17.0. The minimum atomic E-state index is -1.05. The molecule has 0 spiro atoms. The second kappa shape index (κ2) is 7.13. The molecule has 0 aliphatic heterocycles. The summed E-state index contributed by atoms with van der Waals surface area (Å²) in [6.07, 6.45) is 0.798. The molecule has 23 heavy (non-hydrogen) atoms. The summed E-state index contributed by atoms with van der Waals surface area (Å²) in [6.45, 7) is 3.77. The van der Waals surface area contributed by atoms with Gasteiger partial charge < -0.3 is 10.1 Å². The van der Waals surface area contributed by atoms with Crippen molar-refractivity contribution >= 4 is 12.7 Å². The van der Waals surface area contributed by atoms with Crippen molar-refractivity contribution in [2.45, 2.75) is 26.3 Å². The summed E-state index contributed by atoms with van der Waals surface area (Å²) >= 11 is 0. The molecule has 0 radical (unpaired) electrons. The van der Waals surface area contributed by atoms with Gasteiger partial charge >= 0.3 is 0 Å². The molecule has 0 aromatic heterocycles. The van der Waals surface area contributed by atoms with Gasteiger partial charge in [0.15, 0.2) is 11.6 Å². The van der Waals surface area contributed by atoms with Gasteiger partial charge in [-0.05, 0) is 48.2 Å². The molecular formula is C18H17F2NO2. The number of hydrogen-bond donors (Lipinski definition) is 1. The maximum atomic E-state index is 14.1. The predicted octanol–water partition coefficient (Wildman–Crippen LogP) is 3.62. The first-order valence-corrected chi connectivity index (χ1v) is 7.18. The van der Waals surface area contributed by atoms with Crippen LogP contribution in [0.4, 0.5) is 8.78 Å². The number of aldehydes is 1. The lowest BCUT2D eigenvalue weighted by Gasteiger charge is -2.18. The van der Waals surface area contributed by atoms with Crippen molar-refractivity contribution in [2.75, 3.05) is 0 Å². The van der Waals surface area contributed by atoms with Crippen LogP contribution in [-0.2, 0) is 9.59 Å². The minimum Gasteiger partial charge on any atom is -0.351 e. The van der Waals surface area contributed by atoms with E-state index in [0.29, 0.717) is 18.3 Å². The van der Waals surface area contributed by atoms with Gasteiger partial charge in [-0.15, -0.1) is 0 Å². The van der Waals surface area contributed by atoms with Crippen molar-refractivity contribution in [2.24, 2.45) is 0 Å². The van der Waals surface area contributed by atoms with Crippen molar-refractivity contribution in [1.29, 1.82) is 0 Å². The zero-order valence-corrected chi connectivity index (χ0v) is 12.9. The Morgan fingerprint density at radius 3 is 2.35 bits per heavy atom. The van der Waals surface area contributed by atoms with E-state index in [1.807, 2.05) is 32.0 Å². The van der Waals surface area contributed by atoms with E-state index in [1.54, 1.807) is 0 Å². The molecule has 3 nitrogen and oxygen atoms in total. The third-order valence-electron chi connectivity index (χ3n) is 3.80. The van der Waals surface area contributed by atoms with Crippen LogP contribution in [0.15, 0.2) is 30.3 Å². The molecule has 2 aromatic carbocycles. The summed E-state index contributed by atoms with van der Waals surface area (Å²) in [5.74, 6) is -2.06. The summed E-state index contributed by atoms with van der Waals surface area (Å²) in [5, 5.41) is 2.36. The lowest BCUT2D eigenvalue weighted by atomic mass is 9.92. The normalized spacial score (nSPS) is 11.8. The van der Waals surface area contributed by atoms with Crippen molar-refractivity contribution in [3.8, 4) is 11.1 Å². The van der Waals surface area contributed by atoms with Crippen LogP contribution in [0.3, 0.4) is 0 Å². The Labute approximate surface area is 133 Å². The molecule has 1 atom stereocenters. The third kappa shape index (κ3) is 3.44. The number of hydrogen-bond acceptors (Lipinski definition) is 2. The standard InChI is InChI=1S/C18H17F2NO2/c1-11-4-3-5-12(2)17(11)13-8-14(18(20)15(19)9-13)16(6-7-22)21-10-23/h3-5,7-10,16H,6H2,1-2H3,(H,21,23). The number of aryl methyl sites for hydroxylation is 2. The van der Waals surface area contributed by atoms with Crippen LogP contribution in [0.25, 0.3) is 11.1 Å². The Hall–Kier alpha value is -2.56. The molecule has 1 amide bonds. The zero-order valence-electron chi connectivity index (χ0n) is 12.9. The first kappa shape index (κ1) is 16.8. The molecule has 0 bridgehead atoms. The Kier molecular flexibility index (Phi) is 5.21. The van der Waals surface area contributed by atoms with E-state index in [2.05, 4.69) is 5.32 Å². The van der Waals surface area contributed by atoms with Gasteiger partial charge in [0.05, 0.1) is 6.04 Å². The van der Waals surface area contributed by atoms with E-state index in [4.69, 9.17) is 0 Å². The van der Waals surface area contributed by atoms with E-state index in [9.17, 15) is 18.4 Å². The maximum Gasteiger partial charge on any atom is 0.207 e. The number of rotatable bonds is 6. The van der Waals surface area contributed by atoms with Gasteiger partial charge in [0, 0.05) is 12.0 Å². The van der Waals surface area contributed by atoms with E-state index in [0.717, 1.165) is 22.8 Å². The fraction of sp³-hybridized carbons (Fsp3) is 0.222. The van der Waals surface area contributed by atoms with Gasteiger partial charge in [0.2, 0.25) is 6.41 Å². The molecule has 0 fully saturated rings. The largest absolute Gasteiger partial charge is 0.351 e. The molecule has 5 heteroatoms. The SMILES string of the molecule is Cc1cccc(C)c1-c1cc(F)c(F)c(C(CC=O)NC=O)c1. The Morgan fingerprint density at radius 2 is 1.78 bits per heavy atom. The molecule has 0 heterocycles. The molecule has 0 saturated carbocycles. The molecule has 0 aliphatic rings. The fourth-order valence-corrected chi connectivity index (χ4v) is 2.74.